The van der Waals surface area contributed by atoms with Crippen molar-refractivity contribution in [3.05, 3.63) is 54.0 Å². The molecule has 0 atom stereocenters. The molecule has 0 saturated carbocycles. The van der Waals surface area contributed by atoms with Gasteiger partial charge in [-0.25, -0.2) is 4.99 Å². The summed E-state index contributed by atoms with van der Waals surface area (Å²) < 4.78 is 5.09. The monoisotopic (exact) mass is 542 g/mol. The minimum Gasteiger partial charge on any atom is -0.459 e. The quantitative estimate of drug-likeness (QED) is 0.190. The number of nitrogens with zero attached hydrogens (tertiary/aromatic N) is 1. The van der Waals surface area contributed by atoms with Crippen molar-refractivity contribution >= 4 is 41.5 Å². The third-order valence-electron chi connectivity index (χ3n) is 4.74. The van der Waals surface area contributed by atoms with Crippen LogP contribution >= 0.6 is 24.0 Å². The van der Waals surface area contributed by atoms with Crippen LogP contribution in [0.25, 0.3) is 0 Å². The molecule has 1 aromatic heterocycles. The second-order valence-electron chi connectivity index (χ2n) is 7.40. The van der Waals surface area contributed by atoms with E-state index >= 15 is 0 Å². The van der Waals surface area contributed by atoms with Gasteiger partial charge in [-0.2, -0.15) is 0 Å². The number of aliphatic hydroxyl groups is 1. The highest BCUT2D eigenvalue weighted by Crippen LogP contribution is 2.18. The Morgan fingerprint density at radius 1 is 1.06 bits per heavy atom. The summed E-state index contributed by atoms with van der Waals surface area (Å²) in [5.74, 6) is 0.672. The lowest BCUT2D eigenvalue weighted by Gasteiger charge is -2.28. The summed E-state index contributed by atoms with van der Waals surface area (Å²) in [7, 11) is 0. The fraction of sp³-hybridized carbons (Fsp3) is 0.478. The van der Waals surface area contributed by atoms with E-state index < -0.39 is 5.60 Å². The molecule has 0 fully saturated rings. The summed E-state index contributed by atoms with van der Waals surface area (Å²) >= 11 is 0. The predicted octanol–water partition coefficient (Wildman–Crippen LogP) is 4.54. The molecule has 0 aliphatic carbocycles. The van der Waals surface area contributed by atoms with E-state index in [9.17, 15) is 9.90 Å². The second kappa shape index (κ2) is 14.1. The van der Waals surface area contributed by atoms with Crippen LogP contribution in [0.2, 0.25) is 0 Å². The van der Waals surface area contributed by atoms with Gasteiger partial charge in [-0.05, 0) is 49.6 Å². The first-order valence-corrected chi connectivity index (χ1v) is 10.7. The maximum Gasteiger partial charge on any atom is 0.291 e. The van der Waals surface area contributed by atoms with Gasteiger partial charge >= 0.3 is 0 Å². The van der Waals surface area contributed by atoms with E-state index in [1.54, 1.807) is 12.1 Å². The first-order chi connectivity index (χ1) is 14.5. The Balaban J connectivity index is 0.00000480. The molecule has 1 heterocycles. The maximum absolute atomic E-state index is 12.0. The normalized spacial score (nSPS) is 11.5. The summed E-state index contributed by atoms with van der Waals surface area (Å²) in [6.07, 6.45) is 4.87. The largest absolute Gasteiger partial charge is 0.459 e. The number of carbonyl (C=O) groups excluding carboxylic acids is 1. The Morgan fingerprint density at radius 3 is 2.29 bits per heavy atom. The van der Waals surface area contributed by atoms with E-state index in [-0.39, 0.29) is 35.6 Å². The molecule has 2 rings (SSSR count). The van der Waals surface area contributed by atoms with Crippen LogP contribution in [0.3, 0.4) is 0 Å². The molecule has 31 heavy (non-hydrogen) atoms. The first-order valence-electron chi connectivity index (χ1n) is 10.7. The first kappa shape index (κ1) is 27.0. The van der Waals surface area contributed by atoms with Crippen molar-refractivity contribution in [1.82, 2.24) is 10.6 Å². The molecule has 0 aliphatic heterocycles. The van der Waals surface area contributed by atoms with Gasteiger partial charge in [0.05, 0.1) is 18.4 Å². The molecule has 7 nitrogen and oxygen atoms in total. The number of amides is 1. The number of hydrogen-bond donors (Lipinski definition) is 4. The molecule has 0 bridgehead atoms. The number of furan rings is 1. The van der Waals surface area contributed by atoms with Crippen molar-refractivity contribution in [2.45, 2.75) is 58.6 Å². The molecular weight excluding hydrogens is 507 g/mol. The lowest BCUT2D eigenvalue weighted by Crippen LogP contribution is -2.47. The number of nitrogens with one attached hydrogen (secondary N) is 3. The third kappa shape index (κ3) is 9.30. The molecule has 0 spiro atoms. The van der Waals surface area contributed by atoms with E-state index in [0.29, 0.717) is 24.7 Å². The minimum atomic E-state index is -0.715. The molecule has 1 aromatic carbocycles. The van der Waals surface area contributed by atoms with E-state index in [0.717, 1.165) is 37.8 Å². The van der Waals surface area contributed by atoms with Gasteiger partial charge in [0.15, 0.2) is 11.7 Å². The fourth-order valence-corrected chi connectivity index (χ4v) is 3.29. The molecule has 0 unspecified atom stereocenters. The molecular formula is C23H35IN4O3. The molecule has 1 amide bonds. The lowest BCUT2D eigenvalue weighted by molar-refractivity contribution is 0.0257. The maximum atomic E-state index is 12.0. The van der Waals surface area contributed by atoms with Gasteiger partial charge in [0, 0.05) is 18.8 Å². The zero-order valence-electron chi connectivity index (χ0n) is 18.6. The number of rotatable bonds is 11. The van der Waals surface area contributed by atoms with Crippen LogP contribution in [-0.2, 0) is 6.54 Å². The Kier molecular flexibility index (Phi) is 12.2. The van der Waals surface area contributed by atoms with Crippen LogP contribution in [0, 0.1) is 0 Å². The van der Waals surface area contributed by atoms with Crippen molar-refractivity contribution in [2.24, 2.45) is 4.99 Å². The van der Waals surface area contributed by atoms with Gasteiger partial charge in [0.1, 0.15) is 0 Å². The van der Waals surface area contributed by atoms with Crippen LogP contribution in [0.5, 0.6) is 0 Å². The van der Waals surface area contributed by atoms with Crippen molar-refractivity contribution in [1.29, 1.82) is 0 Å². The van der Waals surface area contributed by atoms with Crippen LogP contribution in [-0.4, -0.2) is 35.7 Å². The number of benzene rings is 1. The number of aliphatic imine (C=N–C) groups is 1. The zero-order chi connectivity index (χ0) is 21.8. The smallest absolute Gasteiger partial charge is 0.291 e. The second-order valence-corrected chi connectivity index (χ2v) is 7.40. The van der Waals surface area contributed by atoms with Crippen LogP contribution in [0.1, 0.15) is 62.6 Å². The van der Waals surface area contributed by atoms with E-state index in [1.165, 1.54) is 6.26 Å². The topological polar surface area (TPSA) is 98.9 Å². The SMILES string of the molecule is CCCC(O)(CCC)CNC(=NCc1ccc(NC(=O)c2ccco2)cc1)NCC.I. The highest BCUT2D eigenvalue weighted by molar-refractivity contribution is 14.0. The molecule has 0 saturated heterocycles. The predicted molar refractivity (Wildman–Crippen MR) is 136 cm³/mol. The van der Waals surface area contributed by atoms with Gasteiger partial charge in [0.25, 0.3) is 5.91 Å². The standard InChI is InChI=1S/C23H34N4O3.HI/c1-4-13-23(29,14-5-2)17-26-22(24-6-3)25-16-18-9-11-19(12-10-18)27-21(28)20-8-7-15-30-20;/h7-12,15,29H,4-6,13-14,16-17H2,1-3H3,(H,27,28)(H2,24,25,26);1H. The fourth-order valence-electron chi connectivity index (χ4n) is 3.29. The number of halogens is 1. The van der Waals surface area contributed by atoms with Gasteiger partial charge < -0.3 is 25.5 Å². The Hall–Kier alpha value is -2.07. The van der Waals surface area contributed by atoms with Crippen molar-refractivity contribution in [3.63, 3.8) is 0 Å². The minimum absolute atomic E-state index is 0. The Bertz CT molecular complexity index is 786. The molecule has 0 radical (unpaired) electrons. The summed E-state index contributed by atoms with van der Waals surface area (Å²) in [6, 6.07) is 10.8. The number of carbonyl (C=O) groups is 1. The molecule has 172 valence electrons. The van der Waals surface area contributed by atoms with Crippen molar-refractivity contribution in [2.75, 3.05) is 18.4 Å². The van der Waals surface area contributed by atoms with E-state index in [1.807, 2.05) is 31.2 Å². The number of anilines is 1. The molecule has 8 heteroatoms. The highest BCUT2D eigenvalue weighted by atomic mass is 127. The van der Waals surface area contributed by atoms with Crippen molar-refractivity contribution in [3.8, 4) is 0 Å². The molecule has 0 aliphatic rings. The zero-order valence-corrected chi connectivity index (χ0v) is 20.9. The van der Waals surface area contributed by atoms with Crippen LogP contribution in [0.15, 0.2) is 52.1 Å². The average Bonchev–Trinajstić information content (AvgIpc) is 3.27. The molecule has 4 N–H and O–H groups in total. The lowest BCUT2D eigenvalue weighted by atomic mass is 9.93. The van der Waals surface area contributed by atoms with Crippen LogP contribution < -0.4 is 16.0 Å². The summed E-state index contributed by atoms with van der Waals surface area (Å²) in [4.78, 5) is 16.6. The number of hydrogen-bond acceptors (Lipinski definition) is 4. The Labute approximate surface area is 202 Å². The van der Waals surface area contributed by atoms with Gasteiger partial charge in [0.2, 0.25) is 0 Å². The number of guanidine groups is 1. The summed E-state index contributed by atoms with van der Waals surface area (Å²) in [5.41, 5.74) is 0.993. The van der Waals surface area contributed by atoms with Gasteiger partial charge in [-0.1, -0.05) is 38.8 Å². The van der Waals surface area contributed by atoms with E-state index in [2.05, 4.69) is 34.8 Å². The Morgan fingerprint density at radius 2 is 1.74 bits per heavy atom. The van der Waals surface area contributed by atoms with Crippen molar-refractivity contribution < 1.29 is 14.3 Å². The highest BCUT2D eigenvalue weighted by Gasteiger charge is 2.24. The summed E-state index contributed by atoms with van der Waals surface area (Å²) in [6.45, 7) is 7.88. The summed E-state index contributed by atoms with van der Waals surface area (Å²) in [5, 5.41) is 20.1. The van der Waals surface area contributed by atoms with Gasteiger partial charge in [-0.15, -0.1) is 24.0 Å². The average molecular weight is 542 g/mol. The third-order valence-corrected chi connectivity index (χ3v) is 4.74. The van der Waals surface area contributed by atoms with Gasteiger partial charge in [-0.3, -0.25) is 4.79 Å². The molecule has 2 aromatic rings. The van der Waals surface area contributed by atoms with Crippen LogP contribution in [0.4, 0.5) is 5.69 Å². The van der Waals surface area contributed by atoms with E-state index in [4.69, 9.17) is 4.42 Å².